The van der Waals surface area contributed by atoms with E-state index in [4.69, 9.17) is 28.9 Å². The Hall–Kier alpha value is -3.88. The number of carbonyl (C=O) groups excluding carboxylic acids is 1. The number of primary amides is 1. The van der Waals surface area contributed by atoms with Crippen LogP contribution in [0.1, 0.15) is 12.2 Å². The van der Waals surface area contributed by atoms with Crippen LogP contribution < -0.4 is 16.3 Å². The van der Waals surface area contributed by atoms with Gasteiger partial charge < -0.3 is 15.7 Å². The fraction of sp³-hybridized carbons (Fsp3) is 0.320. The van der Waals surface area contributed by atoms with Crippen molar-refractivity contribution in [1.29, 1.82) is 0 Å². The first-order chi connectivity index (χ1) is 19.4. The molecule has 1 aliphatic rings. The summed E-state index contributed by atoms with van der Waals surface area (Å²) in [6.45, 7) is -0.634. The molecule has 1 fully saturated rings. The predicted molar refractivity (Wildman–Crippen MR) is 144 cm³/mol. The fourth-order valence-electron chi connectivity index (χ4n) is 4.51. The Bertz CT molecular complexity index is 1630. The van der Waals surface area contributed by atoms with E-state index in [0.717, 1.165) is 9.25 Å². The first kappa shape index (κ1) is 28.6. The third-order valence-electron chi connectivity index (χ3n) is 6.64. The number of hydrogen-bond acceptors (Lipinski definition) is 7. The Morgan fingerprint density at radius 1 is 1.12 bits per heavy atom. The summed E-state index contributed by atoms with van der Waals surface area (Å²) in [6.07, 6.45) is -7.25. The molecule has 216 valence electrons. The van der Waals surface area contributed by atoms with Crippen LogP contribution in [-0.2, 0) is 17.9 Å². The van der Waals surface area contributed by atoms with Crippen LogP contribution in [-0.4, -0.2) is 65.5 Å². The summed E-state index contributed by atoms with van der Waals surface area (Å²) >= 11 is 12.4. The van der Waals surface area contributed by atoms with Crippen molar-refractivity contribution in [3.63, 3.8) is 0 Å². The highest BCUT2D eigenvalue weighted by molar-refractivity contribution is 6.32. The van der Waals surface area contributed by atoms with Gasteiger partial charge in [-0.1, -0.05) is 35.3 Å². The lowest BCUT2D eigenvalue weighted by molar-refractivity contribution is -0.207. The van der Waals surface area contributed by atoms with Gasteiger partial charge in [-0.05, 0) is 42.8 Å². The number of amides is 1. The van der Waals surface area contributed by atoms with Crippen LogP contribution in [0.3, 0.4) is 0 Å². The molecule has 1 unspecified atom stereocenters. The summed E-state index contributed by atoms with van der Waals surface area (Å²) in [6, 6.07) is 12.9. The summed E-state index contributed by atoms with van der Waals surface area (Å²) in [5.74, 6) is -0.493. The van der Waals surface area contributed by atoms with Gasteiger partial charge in [0.2, 0.25) is 11.9 Å². The maximum Gasteiger partial charge on any atom is 0.416 e. The van der Waals surface area contributed by atoms with E-state index < -0.39 is 36.3 Å². The molecule has 3 heterocycles. The lowest BCUT2D eigenvalue weighted by atomic mass is 10.1. The highest BCUT2D eigenvalue weighted by Crippen LogP contribution is 2.29. The van der Waals surface area contributed by atoms with Crippen LogP contribution in [0.4, 0.5) is 19.1 Å². The van der Waals surface area contributed by atoms with Gasteiger partial charge in [-0.3, -0.25) is 9.36 Å². The average Bonchev–Trinajstić information content (AvgIpc) is 3.64. The molecule has 2 atom stereocenters. The van der Waals surface area contributed by atoms with Crippen molar-refractivity contribution in [2.24, 2.45) is 11.7 Å². The summed E-state index contributed by atoms with van der Waals surface area (Å²) in [5, 5.41) is 19.2. The number of anilines is 1. The second-order valence-electron chi connectivity index (χ2n) is 9.46. The van der Waals surface area contributed by atoms with Crippen molar-refractivity contribution >= 4 is 35.1 Å². The molecule has 16 heteroatoms. The average molecular weight is 611 g/mol. The minimum Gasteiger partial charge on any atom is -0.382 e. The van der Waals surface area contributed by atoms with Crippen LogP contribution in [0.25, 0.3) is 17.1 Å². The topological polar surface area (TPSA) is 137 Å². The van der Waals surface area contributed by atoms with Gasteiger partial charge in [0.05, 0.1) is 23.2 Å². The zero-order chi connectivity index (χ0) is 29.5. The minimum absolute atomic E-state index is 0.105. The van der Waals surface area contributed by atoms with Crippen molar-refractivity contribution in [2.75, 3.05) is 18.0 Å². The second kappa shape index (κ2) is 11.2. The number of nitrogens with two attached hydrogens (primary N) is 1. The molecule has 4 aromatic rings. The Labute approximate surface area is 240 Å². The third kappa shape index (κ3) is 5.94. The van der Waals surface area contributed by atoms with Crippen molar-refractivity contribution < 1.29 is 23.1 Å². The van der Waals surface area contributed by atoms with Gasteiger partial charge in [0.1, 0.15) is 6.54 Å². The molecule has 0 aliphatic carbocycles. The van der Waals surface area contributed by atoms with Crippen LogP contribution >= 0.6 is 23.2 Å². The van der Waals surface area contributed by atoms with Gasteiger partial charge in [0.15, 0.2) is 17.8 Å². The number of hydrogen-bond donors (Lipinski definition) is 2. The van der Waals surface area contributed by atoms with Gasteiger partial charge in [-0.2, -0.15) is 22.8 Å². The number of aliphatic hydroxyl groups excluding tert-OH is 1. The quantitative estimate of drug-likeness (QED) is 0.313. The minimum atomic E-state index is -4.96. The van der Waals surface area contributed by atoms with Crippen LogP contribution in [0, 0.1) is 5.92 Å². The zero-order valence-electron chi connectivity index (χ0n) is 21.2. The van der Waals surface area contributed by atoms with Gasteiger partial charge in [-0.15, -0.1) is 10.2 Å². The maximum atomic E-state index is 13.3. The molecule has 0 bridgehead atoms. The summed E-state index contributed by atoms with van der Waals surface area (Å²) < 4.78 is 42.7. The molecule has 0 radical (unpaired) electrons. The number of alkyl halides is 3. The Kier molecular flexibility index (Phi) is 7.81. The predicted octanol–water partition coefficient (Wildman–Crippen LogP) is 2.88. The lowest BCUT2D eigenvalue weighted by Gasteiger charge is -2.18. The number of aromatic nitrogens is 6. The number of aliphatic hydroxyl groups is 1. The molecule has 11 nitrogen and oxygen atoms in total. The van der Waals surface area contributed by atoms with Crippen molar-refractivity contribution in [3.05, 3.63) is 74.9 Å². The van der Waals surface area contributed by atoms with Gasteiger partial charge in [0.25, 0.3) is 0 Å². The van der Waals surface area contributed by atoms with Crippen molar-refractivity contribution in [1.82, 2.24) is 29.1 Å². The van der Waals surface area contributed by atoms with Gasteiger partial charge in [0, 0.05) is 23.7 Å². The van der Waals surface area contributed by atoms with Gasteiger partial charge in [-0.25, -0.2) is 9.48 Å². The summed E-state index contributed by atoms with van der Waals surface area (Å²) in [5.41, 5.74) is 5.38. The lowest BCUT2D eigenvalue weighted by Crippen LogP contribution is -2.37. The normalized spacial score (nSPS) is 16.3. The van der Waals surface area contributed by atoms with E-state index in [-0.39, 0.29) is 18.2 Å². The van der Waals surface area contributed by atoms with Crippen LogP contribution in [0.2, 0.25) is 10.0 Å². The number of halogens is 5. The molecule has 3 N–H and O–H groups in total. The third-order valence-corrected chi connectivity index (χ3v) is 7.21. The summed E-state index contributed by atoms with van der Waals surface area (Å²) in [7, 11) is 0. The highest BCUT2D eigenvalue weighted by atomic mass is 35.5. The van der Waals surface area contributed by atoms with Crippen LogP contribution in [0.15, 0.2) is 53.3 Å². The maximum absolute atomic E-state index is 13.3. The van der Waals surface area contributed by atoms with E-state index in [0.29, 0.717) is 46.8 Å². The zero-order valence-corrected chi connectivity index (χ0v) is 22.7. The Morgan fingerprint density at radius 2 is 1.83 bits per heavy atom. The molecule has 0 saturated carbocycles. The molecular weight excluding hydrogens is 588 g/mol. The molecule has 1 aliphatic heterocycles. The van der Waals surface area contributed by atoms with E-state index in [9.17, 15) is 27.9 Å². The standard InChI is InChI=1S/C25H23Cl2F3N8O3/c26-16-7-5-14(6-8-16)22-34-37(24(41)36(22)12-19(39)25(28,29)30)13-20-32-23(35-10-9-15(11-35)21(31)40)38(33-20)18-4-2-1-3-17(18)27/h1-8,15,19,39H,9-13H2,(H2,31,40)/t15-,19?/m0/s1. The Morgan fingerprint density at radius 3 is 2.46 bits per heavy atom. The first-order valence-corrected chi connectivity index (χ1v) is 13.1. The number of carbonyl (C=O) groups is 1. The molecule has 2 aromatic carbocycles. The number of nitrogens with zero attached hydrogens (tertiary/aromatic N) is 7. The molecule has 2 aromatic heterocycles. The van der Waals surface area contributed by atoms with Crippen molar-refractivity contribution in [2.45, 2.75) is 31.8 Å². The highest BCUT2D eigenvalue weighted by Gasteiger charge is 2.39. The smallest absolute Gasteiger partial charge is 0.382 e. The largest absolute Gasteiger partial charge is 0.416 e. The first-order valence-electron chi connectivity index (χ1n) is 12.4. The molecule has 1 amide bonds. The Balaban J connectivity index is 1.56. The molecule has 1 saturated heterocycles. The monoisotopic (exact) mass is 610 g/mol. The number of rotatable bonds is 8. The van der Waals surface area contributed by atoms with E-state index in [2.05, 4.69) is 15.2 Å². The SMILES string of the molecule is NC(=O)[C@H]1CCN(c2nc(Cn3nc(-c4ccc(Cl)cc4)n(CC(O)C(F)(F)F)c3=O)nn2-c2ccccc2Cl)C1. The molecule has 0 spiro atoms. The molecule has 41 heavy (non-hydrogen) atoms. The van der Waals surface area contributed by atoms with E-state index in [1.165, 1.54) is 28.9 Å². The number of para-hydroxylation sites is 1. The van der Waals surface area contributed by atoms with Gasteiger partial charge >= 0.3 is 11.9 Å². The molecule has 5 rings (SSSR count). The van der Waals surface area contributed by atoms with Crippen molar-refractivity contribution in [3.8, 4) is 17.1 Å². The van der Waals surface area contributed by atoms with Crippen LogP contribution in [0.5, 0.6) is 0 Å². The van der Waals surface area contributed by atoms with E-state index >= 15 is 0 Å². The van der Waals surface area contributed by atoms with E-state index in [1.54, 1.807) is 24.3 Å². The fourth-order valence-corrected chi connectivity index (χ4v) is 4.85. The number of benzene rings is 2. The summed E-state index contributed by atoms with van der Waals surface area (Å²) in [4.78, 5) is 31.5. The second-order valence-corrected chi connectivity index (χ2v) is 10.3. The molecular formula is C25H23Cl2F3N8O3. The van der Waals surface area contributed by atoms with E-state index in [1.807, 2.05) is 4.90 Å².